The van der Waals surface area contributed by atoms with Gasteiger partial charge in [-0.05, 0) is 24.6 Å². The highest BCUT2D eigenvalue weighted by molar-refractivity contribution is 5.87. The Morgan fingerprint density at radius 2 is 1.87 bits per heavy atom. The molecule has 0 saturated carbocycles. The molecule has 1 aliphatic rings. The number of benzene rings is 1. The van der Waals surface area contributed by atoms with Gasteiger partial charge in [-0.2, -0.15) is 0 Å². The molecule has 1 aromatic heterocycles. The molecule has 0 bridgehead atoms. The van der Waals surface area contributed by atoms with Gasteiger partial charge in [0.2, 0.25) is 5.91 Å². The molecule has 1 fully saturated rings. The predicted molar refractivity (Wildman–Crippen MR) is 113 cm³/mol. The number of nitrogens with zero attached hydrogens (tertiary/aromatic N) is 2. The van der Waals surface area contributed by atoms with Crippen molar-refractivity contribution in [2.24, 2.45) is 0 Å². The third-order valence-corrected chi connectivity index (χ3v) is 4.99. The van der Waals surface area contributed by atoms with Gasteiger partial charge in [0.25, 0.3) is 0 Å². The van der Waals surface area contributed by atoms with E-state index in [0.717, 1.165) is 5.56 Å². The summed E-state index contributed by atoms with van der Waals surface area (Å²) in [7, 11) is 0. The molecule has 166 valence electrons. The van der Waals surface area contributed by atoms with Gasteiger partial charge in [-0.25, -0.2) is 4.79 Å². The van der Waals surface area contributed by atoms with Gasteiger partial charge >= 0.3 is 12.0 Å². The van der Waals surface area contributed by atoms with Gasteiger partial charge in [0.05, 0.1) is 26.0 Å². The third-order valence-electron chi connectivity index (χ3n) is 4.99. The highest BCUT2D eigenvalue weighted by Gasteiger charge is 2.36. The zero-order valence-electron chi connectivity index (χ0n) is 17.6. The Labute approximate surface area is 181 Å². The molecule has 1 aromatic carbocycles. The number of nitrogens with one attached hydrogen (secondary N) is 2. The van der Waals surface area contributed by atoms with Crippen LogP contribution in [-0.2, 0) is 27.4 Å². The van der Waals surface area contributed by atoms with Crippen molar-refractivity contribution in [2.75, 3.05) is 32.8 Å². The first-order chi connectivity index (χ1) is 15.1. The van der Waals surface area contributed by atoms with Crippen molar-refractivity contribution in [1.82, 2.24) is 20.4 Å². The SMILES string of the molecule is CCOC(=O)CN1CCN(C(=O)NCc2ccco2)C(C(=O)NCc2ccccc2)C1. The molecule has 3 amide bonds. The second-order valence-corrected chi connectivity index (χ2v) is 7.19. The molecule has 2 heterocycles. The minimum Gasteiger partial charge on any atom is -0.467 e. The van der Waals surface area contributed by atoms with E-state index in [9.17, 15) is 14.4 Å². The Hall–Kier alpha value is -3.33. The van der Waals surface area contributed by atoms with E-state index >= 15 is 0 Å². The Kier molecular flexibility index (Phi) is 8.05. The quantitative estimate of drug-likeness (QED) is 0.615. The molecule has 2 N–H and O–H groups in total. The smallest absolute Gasteiger partial charge is 0.320 e. The van der Waals surface area contributed by atoms with E-state index < -0.39 is 6.04 Å². The molecule has 1 saturated heterocycles. The average Bonchev–Trinajstić information content (AvgIpc) is 3.30. The van der Waals surface area contributed by atoms with Gasteiger partial charge in [-0.1, -0.05) is 30.3 Å². The maximum atomic E-state index is 13.0. The summed E-state index contributed by atoms with van der Waals surface area (Å²) in [6.07, 6.45) is 1.54. The number of rotatable bonds is 8. The molecule has 31 heavy (non-hydrogen) atoms. The van der Waals surface area contributed by atoms with Crippen LogP contribution >= 0.6 is 0 Å². The van der Waals surface area contributed by atoms with Crippen LogP contribution in [0.4, 0.5) is 4.79 Å². The summed E-state index contributed by atoms with van der Waals surface area (Å²) in [6, 6.07) is 12.0. The molecule has 0 spiro atoms. The van der Waals surface area contributed by atoms with Gasteiger partial charge in [-0.15, -0.1) is 0 Å². The number of hydrogen-bond acceptors (Lipinski definition) is 6. The molecule has 1 atom stereocenters. The first-order valence-corrected chi connectivity index (χ1v) is 10.3. The number of urea groups is 1. The molecule has 0 aliphatic carbocycles. The van der Waals surface area contributed by atoms with E-state index in [1.54, 1.807) is 19.1 Å². The number of amides is 3. The van der Waals surface area contributed by atoms with Crippen LogP contribution in [-0.4, -0.2) is 66.5 Å². The van der Waals surface area contributed by atoms with Crippen molar-refractivity contribution >= 4 is 17.9 Å². The molecule has 2 aromatic rings. The van der Waals surface area contributed by atoms with Crippen LogP contribution in [0, 0.1) is 0 Å². The monoisotopic (exact) mass is 428 g/mol. The lowest BCUT2D eigenvalue weighted by Gasteiger charge is -2.40. The van der Waals surface area contributed by atoms with E-state index in [2.05, 4.69) is 10.6 Å². The summed E-state index contributed by atoms with van der Waals surface area (Å²) in [5.74, 6) is 0.00611. The number of carbonyl (C=O) groups is 3. The number of esters is 1. The summed E-state index contributed by atoms with van der Waals surface area (Å²) in [6.45, 7) is 3.74. The minimum absolute atomic E-state index is 0.0815. The molecule has 9 heteroatoms. The first kappa shape index (κ1) is 22.4. The zero-order valence-corrected chi connectivity index (χ0v) is 17.6. The fourth-order valence-corrected chi connectivity index (χ4v) is 3.42. The molecule has 3 rings (SSSR count). The third kappa shape index (κ3) is 6.58. The van der Waals surface area contributed by atoms with Gasteiger partial charge in [0.1, 0.15) is 11.8 Å². The van der Waals surface area contributed by atoms with E-state index in [-0.39, 0.29) is 37.5 Å². The zero-order chi connectivity index (χ0) is 22.1. The predicted octanol–water partition coefficient (Wildman–Crippen LogP) is 1.35. The lowest BCUT2D eigenvalue weighted by atomic mass is 10.1. The Morgan fingerprint density at radius 1 is 1.06 bits per heavy atom. The maximum absolute atomic E-state index is 13.0. The Morgan fingerprint density at radius 3 is 2.58 bits per heavy atom. The average molecular weight is 428 g/mol. The van der Waals surface area contributed by atoms with Crippen LogP contribution < -0.4 is 10.6 Å². The van der Waals surface area contributed by atoms with Crippen LogP contribution in [0.5, 0.6) is 0 Å². The minimum atomic E-state index is -0.733. The summed E-state index contributed by atoms with van der Waals surface area (Å²) >= 11 is 0. The molecule has 1 unspecified atom stereocenters. The van der Waals surface area contributed by atoms with Crippen LogP contribution in [0.15, 0.2) is 53.1 Å². The Bertz CT molecular complexity index is 856. The summed E-state index contributed by atoms with van der Waals surface area (Å²) in [5.41, 5.74) is 0.962. The highest BCUT2D eigenvalue weighted by Crippen LogP contribution is 2.12. The van der Waals surface area contributed by atoms with Crippen molar-refractivity contribution in [3.63, 3.8) is 0 Å². The molecule has 1 aliphatic heterocycles. The number of ether oxygens (including phenoxy) is 1. The van der Waals surface area contributed by atoms with Crippen LogP contribution in [0.3, 0.4) is 0 Å². The largest absolute Gasteiger partial charge is 0.467 e. The molecule has 9 nitrogen and oxygen atoms in total. The second kappa shape index (κ2) is 11.2. The van der Waals surface area contributed by atoms with Crippen molar-refractivity contribution < 1.29 is 23.5 Å². The van der Waals surface area contributed by atoms with Gasteiger partial charge in [-0.3, -0.25) is 14.5 Å². The fraction of sp³-hybridized carbons (Fsp3) is 0.409. The van der Waals surface area contributed by atoms with Gasteiger partial charge < -0.3 is 24.7 Å². The van der Waals surface area contributed by atoms with Crippen molar-refractivity contribution in [3.05, 3.63) is 60.1 Å². The number of furan rings is 1. The van der Waals surface area contributed by atoms with E-state index in [0.29, 0.717) is 32.0 Å². The first-order valence-electron chi connectivity index (χ1n) is 10.3. The summed E-state index contributed by atoms with van der Waals surface area (Å²) in [4.78, 5) is 41.0. The number of piperazine rings is 1. The van der Waals surface area contributed by atoms with Crippen LogP contribution in [0.25, 0.3) is 0 Å². The van der Waals surface area contributed by atoms with E-state index in [1.165, 1.54) is 11.2 Å². The van der Waals surface area contributed by atoms with Crippen LogP contribution in [0.1, 0.15) is 18.2 Å². The number of carbonyl (C=O) groups excluding carboxylic acids is 3. The van der Waals surface area contributed by atoms with Crippen molar-refractivity contribution in [3.8, 4) is 0 Å². The Balaban J connectivity index is 1.64. The second-order valence-electron chi connectivity index (χ2n) is 7.19. The molecule has 0 radical (unpaired) electrons. The van der Waals surface area contributed by atoms with Gasteiger partial charge in [0, 0.05) is 26.2 Å². The van der Waals surface area contributed by atoms with Crippen LogP contribution in [0.2, 0.25) is 0 Å². The lowest BCUT2D eigenvalue weighted by molar-refractivity contribution is -0.145. The fourth-order valence-electron chi connectivity index (χ4n) is 3.42. The van der Waals surface area contributed by atoms with Crippen molar-refractivity contribution in [1.29, 1.82) is 0 Å². The van der Waals surface area contributed by atoms with E-state index in [1.807, 2.05) is 35.2 Å². The molecular formula is C22H28N4O5. The highest BCUT2D eigenvalue weighted by atomic mass is 16.5. The van der Waals surface area contributed by atoms with Crippen molar-refractivity contribution in [2.45, 2.75) is 26.1 Å². The summed E-state index contributed by atoms with van der Waals surface area (Å²) < 4.78 is 10.3. The molecular weight excluding hydrogens is 400 g/mol. The summed E-state index contributed by atoms with van der Waals surface area (Å²) in [5, 5.41) is 5.69. The number of hydrogen-bond donors (Lipinski definition) is 2. The van der Waals surface area contributed by atoms with Gasteiger partial charge in [0.15, 0.2) is 0 Å². The maximum Gasteiger partial charge on any atom is 0.320 e. The van der Waals surface area contributed by atoms with E-state index in [4.69, 9.17) is 9.15 Å². The lowest BCUT2D eigenvalue weighted by Crippen LogP contribution is -2.62. The topological polar surface area (TPSA) is 104 Å². The standard InChI is InChI=1S/C22H28N4O5/c1-2-30-20(27)16-25-10-11-26(22(29)24-14-18-9-6-12-31-18)19(15-25)21(28)23-13-17-7-4-3-5-8-17/h3-9,12,19H,2,10-11,13-16H2,1H3,(H,23,28)(H,24,29). The normalized spacial score (nSPS) is 16.5.